The van der Waals surface area contributed by atoms with Crippen molar-refractivity contribution in [3.63, 3.8) is 0 Å². The average molecular weight is 572 g/mol. The zero-order chi connectivity index (χ0) is 29.7. The molecule has 1 amide bonds. The van der Waals surface area contributed by atoms with Gasteiger partial charge in [-0.2, -0.15) is 0 Å². The number of esters is 1. The molecule has 0 spiro atoms. The van der Waals surface area contributed by atoms with E-state index in [1.165, 1.54) is 0 Å². The topological polar surface area (TPSA) is 73.9 Å². The summed E-state index contributed by atoms with van der Waals surface area (Å²) in [5.74, 6) is 0.248. The van der Waals surface area contributed by atoms with Gasteiger partial charge in [-0.05, 0) is 46.5 Å². The maximum atomic E-state index is 13.3. The fourth-order valence-corrected chi connectivity index (χ4v) is 4.47. The van der Waals surface area contributed by atoms with Crippen molar-refractivity contribution in [2.45, 2.75) is 32.3 Å². The minimum atomic E-state index is -0.922. The van der Waals surface area contributed by atoms with E-state index in [1.54, 1.807) is 24.3 Å². The summed E-state index contributed by atoms with van der Waals surface area (Å²) < 4.78 is 18.0. The highest BCUT2D eigenvalue weighted by atomic mass is 16.5. The van der Waals surface area contributed by atoms with Crippen molar-refractivity contribution in [3.8, 4) is 11.5 Å². The van der Waals surface area contributed by atoms with Gasteiger partial charge in [0.2, 0.25) is 0 Å². The molecule has 0 fully saturated rings. The van der Waals surface area contributed by atoms with Gasteiger partial charge in [-0.25, -0.2) is 4.79 Å². The van der Waals surface area contributed by atoms with E-state index in [0.717, 1.165) is 22.3 Å². The van der Waals surface area contributed by atoms with Gasteiger partial charge in [0.1, 0.15) is 25.9 Å². The Labute approximate surface area is 251 Å². The highest BCUT2D eigenvalue weighted by molar-refractivity contribution is 5.96. The third-order valence-electron chi connectivity index (χ3n) is 6.77. The Morgan fingerprint density at radius 3 is 1.58 bits per heavy atom. The van der Waals surface area contributed by atoms with E-state index in [0.29, 0.717) is 30.3 Å². The van der Waals surface area contributed by atoms with E-state index >= 15 is 0 Å². The van der Waals surface area contributed by atoms with E-state index in [1.807, 2.05) is 115 Å². The lowest BCUT2D eigenvalue weighted by Crippen LogP contribution is -2.43. The van der Waals surface area contributed by atoms with Crippen LogP contribution in [-0.4, -0.2) is 17.9 Å². The molecule has 0 heterocycles. The maximum Gasteiger partial charge on any atom is 0.329 e. The standard InChI is InChI=1S/C37H33NO5/c39-36(32-19-11-4-12-20-32)38-33(37(40)43-27-30-17-9-3-10-18-30)23-31-21-22-34(41-25-28-13-5-1-6-14-28)35(24-31)42-26-29-15-7-2-8-16-29/h1-22,24,33H,23,25-27H2,(H,38,39). The zero-order valence-electron chi connectivity index (χ0n) is 23.7. The molecule has 6 nitrogen and oxygen atoms in total. The number of carbonyl (C=O) groups is 2. The van der Waals surface area contributed by atoms with Gasteiger partial charge in [0.15, 0.2) is 11.5 Å². The van der Waals surface area contributed by atoms with Crippen molar-refractivity contribution < 1.29 is 23.8 Å². The molecule has 216 valence electrons. The smallest absolute Gasteiger partial charge is 0.329 e. The lowest BCUT2D eigenvalue weighted by Gasteiger charge is -2.19. The quantitative estimate of drug-likeness (QED) is 0.155. The Balaban J connectivity index is 1.36. The molecule has 6 heteroatoms. The van der Waals surface area contributed by atoms with Crippen LogP contribution < -0.4 is 14.8 Å². The third kappa shape index (κ3) is 8.81. The van der Waals surface area contributed by atoms with Crippen molar-refractivity contribution in [2.24, 2.45) is 0 Å². The predicted molar refractivity (Wildman–Crippen MR) is 166 cm³/mol. The van der Waals surface area contributed by atoms with Crippen molar-refractivity contribution in [2.75, 3.05) is 0 Å². The van der Waals surface area contributed by atoms with Crippen LogP contribution in [0, 0.1) is 0 Å². The average Bonchev–Trinajstić information content (AvgIpc) is 3.07. The van der Waals surface area contributed by atoms with Crippen LogP contribution in [0.1, 0.15) is 32.6 Å². The molecule has 5 aromatic carbocycles. The molecular weight excluding hydrogens is 538 g/mol. The molecule has 1 atom stereocenters. The van der Waals surface area contributed by atoms with E-state index in [9.17, 15) is 9.59 Å². The number of hydrogen-bond donors (Lipinski definition) is 1. The summed E-state index contributed by atoms with van der Waals surface area (Å²) in [6.45, 7) is 0.831. The summed E-state index contributed by atoms with van der Waals surface area (Å²) >= 11 is 0. The van der Waals surface area contributed by atoms with Crippen molar-refractivity contribution in [3.05, 3.63) is 167 Å². The van der Waals surface area contributed by atoms with Crippen molar-refractivity contribution in [1.29, 1.82) is 0 Å². The normalized spacial score (nSPS) is 11.3. The molecule has 0 bridgehead atoms. The molecule has 0 aliphatic rings. The molecule has 5 aromatic rings. The second-order valence-corrected chi connectivity index (χ2v) is 10.0. The summed E-state index contributed by atoms with van der Waals surface area (Å²) in [5, 5.41) is 2.87. The molecule has 1 N–H and O–H groups in total. The van der Waals surface area contributed by atoms with Crippen LogP contribution in [-0.2, 0) is 35.8 Å². The third-order valence-corrected chi connectivity index (χ3v) is 6.77. The largest absolute Gasteiger partial charge is 0.485 e. The zero-order valence-corrected chi connectivity index (χ0v) is 23.7. The Bertz CT molecular complexity index is 1590. The van der Waals surface area contributed by atoms with Gasteiger partial charge in [0, 0.05) is 12.0 Å². The van der Waals surface area contributed by atoms with E-state index in [-0.39, 0.29) is 18.9 Å². The molecule has 43 heavy (non-hydrogen) atoms. The van der Waals surface area contributed by atoms with E-state index < -0.39 is 12.0 Å². The SMILES string of the molecule is O=C(NC(Cc1ccc(OCc2ccccc2)c(OCc2ccccc2)c1)C(=O)OCc1ccccc1)c1ccccc1. The van der Waals surface area contributed by atoms with E-state index in [4.69, 9.17) is 14.2 Å². The maximum absolute atomic E-state index is 13.3. The number of rotatable bonds is 13. The molecule has 0 saturated heterocycles. The van der Waals surface area contributed by atoms with Gasteiger partial charge >= 0.3 is 5.97 Å². The minimum Gasteiger partial charge on any atom is -0.485 e. The number of hydrogen-bond acceptors (Lipinski definition) is 5. The molecule has 0 aliphatic heterocycles. The first-order valence-corrected chi connectivity index (χ1v) is 14.2. The van der Waals surface area contributed by atoms with Crippen LogP contribution in [0.25, 0.3) is 0 Å². The highest BCUT2D eigenvalue weighted by Gasteiger charge is 2.24. The Kier molecular flexibility index (Phi) is 10.2. The van der Waals surface area contributed by atoms with Crippen LogP contribution in [0.5, 0.6) is 11.5 Å². The van der Waals surface area contributed by atoms with E-state index in [2.05, 4.69) is 5.32 Å². The summed E-state index contributed by atoms with van der Waals surface area (Å²) in [7, 11) is 0. The van der Waals surface area contributed by atoms with Gasteiger partial charge in [0.25, 0.3) is 5.91 Å². The van der Waals surface area contributed by atoms with Crippen LogP contribution in [0.3, 0.4) is 0 Å². The van der Waals surface area contributed by atoms with Gasteiger partial charge in [-0.15, -0.1) is 0 Å². The summed E-state index contributed by atoms with van der Waals surface area (Å²) in [6, 6.07) is 42.7. The van der Waals surface area contributed by atoms with Gasteiger partial charge < -0.3 is 19.5 Å². The monoisotopic (exact) mass is 571 g/mol. The second-order valence-electron chi connectivity index (χ2n) is 10.0. The van der Waals surface area contributed by atoms with Crippen molar-refractivity contribution in [1.82, 2.24) is 5.32 Å². The molecular formula is C37H33NO5. The minimum absolute atomic E-state index is 0.106. The number of carbonyl (C=O) groups excluding carboxylic acids is 2. The molecule has 1 unspecified atom stereocenters. The van der Waals surface area contributed by atoms with Crippen molar-refractivity contribution >= 4 is 11.9 Å². The van der Waals surface area contributed by atoms with Crippen LogP contribution in [0.15, 0.2) is 140 Å². The summed E-state index contributed by atoms with van der Waals surface area (Å²) in [4.78, 5) is 26.4. The fraction of sp³-hybridized carbons (Fsp3) is 0.135. The number of nitrogens with one attached hydrogen (secondary N) is 1. The Morgan fingerprint density at radius 1 is 0.535 bits per heavy atom. The first-order chi connectivity index (χ1) is 21.1. The van der Waals surface area contributed by atoms with Crippen LogP contribution in [0.4, 0.5) is 0 Å². The number of benzene rings is 5. The van der Waals surface area contributed by atoms with Crippen LogP contribution in [0.2, 0.25) is 0 Å². The fourth-order valence-electron chi connectivity index (χ4n) is 4.47. The van der Waals surface area contributed by atoms with Gasteiger partial charge in [-0.3, -0.25) is 4.79 Å². The molecule has 5 rings (SSSR count). The number of ether oxygens (including phenoxy) is 3. The molecule has 0 aromatic heterocycles. The Morgan fingerprint density at radius 2 is 1.02 bits per heavy atom. The first kappa shape index (κ1) is 29.1. The van der Waals surface area contributed by atoms with Gasteiger partial charge in [0.05, 0.1) is 0 Å². The number of amides is 1. The first-order valence-electron chi connectivity index (χ1n) is 14.2. The molecule has 0 radical (unpaired) electrons. The lowest BCUT2D eigenvalue weighted by molar-refractivity contribution is -0.147. The molecule has 0 aliphatic carbocycles. The Hall–Kier alpha value is -5.36. The summed E-state index contributed by atoms with van der Waals surface area (Å²) in [6.07, 6.45) is 0.201. The highest BCUT2D eigenvalue weighted by Crippen LogP contribution is 2.31. The lowest BCUT2D eigenvalue weighted by atomic mass is 10.0. The van der Waals surface area contributed by atoms with Gasteiger partial charge in [-0.1, -0.05) is 115 Å². The predicted octanol–water partition coefficient (Wildman–Crippen LogP) is 6.93. The second kappa shape index (κ2) is 15.0. The summed E-state index contributed by atoms with van der Waals surface area (Å²) in [5.41, 5.74) is 4.15. The molecule has 0 saturated carbocycles. The van der Waals surface area contributed by atoms with Crippen LogP contribution >= 0.6 is 0 Å².